The van der Waals surface area contributed by atoms with Crippen LogP contribution in [-0.2, 0) is 0 Å². The first kappa shape index (κ1) is 8.66. The summed E-state index contributed by atoms with van der Waals surface area (Å²) >= 11 is 0. The quantitative estimate of drug-likeness (QED) is 0.552. The first-order valence-corrected chi connectivity index (χ1v) is 3.10. The largest absolute Gasteiger partial charge is 0.396 e. The molecule has 9 heavy (non-hydrogen) atoms. The summed E-state index contributed by atoms with van der Waals surface area (Å²) in [5.41, 5.74) is 1.08. The standard InChI is InChI=1S/C7H14O2/c1-6(2)5-7(9)3-4-8/h5,7-9H,3-4H2,1-2H3. The summed E-state index contributed by atoms with van der Waals surface area (Å²) in [5, 5.41) is 17.3. The number of hydrogen-bond acceptors (Lipinski definition) is 2. The van der Waals surface area contributed by atoms with Crippen molar-refractivity contribution in [1.82, 2.24) is 0 Å². The van der Waals surface area contributed by atoms with Gasteiger partial charge in [-0.3, -0.25) is 0 Å². The van der Waals surface area contributed by atoms with E-state index in [0.717, 1.165) is 5.57 Å². The average Bonchev–Trinajstić information content (AvgIpc) is 1.63. The van der Waals surface area contributed by atoms with Crippen molar-refractivity contribution in [1.29, 1.82) is 0 Å². The molecule has 2 heteroatoms. The summed E-state index contributed by atoms with van der Waals surface area (Å²) in [7, 11) is 0. The maximum atomic E-state index is 8.98. The summed E-state index contributed by atoms with van der Waals surface area (Å²) in [4.78, 5) is 0. The number of hydrogen-bond donors (Lipinski definition) is 2. The van der Waals surface area contributed by atoms with E-state index in [2.05, 4.69) is 0 Å². The molecule has 0 aliphatic carbocycles. The molecule has 0 aliphatic rings. The summed E-state index contributed by atoms with van der Waals surface area (Å²) < 4.78 is 0. The molecular formula is C7H14O2. The zero-order valence-electron chi connectivity index (χ0n) is 5.96. The maximum absolute atomic E-state index is 8.98. The molecule has 0 heterocycles. The zero-order chi connectivity index (χ0) is 7.28. The molecule has 0 bridgehead atoms. The minimum absolute atomic E-state index is 0.0466. The number of rotatable bonds is 3. The molecule has 1 unspecified atom stereocenters. The Bertz CT molecular complexity index is 93.1. The predicted molar refractivity (Wildman–Crippen MR) is 37.1 cm³/mol. The Kier molecular flexibility index (Phi) is 4.36. The number of allylic oxidation sites excluding steroid dienone is 1. The molecule has 2 N–H and O–H groups in total. The van der Waals surface area contributed by atoms with Gasteiger partial charge in [0.15, 0.2) is 0 Å². The van der Waals surface area contributed by atoms with Crippen LogP contribution < -0.4 is 0 Å². The highest BCUT2D eigenvalue weighted by Gasteiger charge is 1.95. The van der Waals surface area contributed by atoms with E-state index in [0.29, 0.717) is 6.42 Å². The van der Waals surface area contributed by atoms with Crippen molar-refractivity contribution < 1.29 is 10.2 Å². The highest BCUT2D eigenvalue weighted by atomic mass is 16.3. The molecular weight excluding hydrogens is 116 g/mol. The van der Waals surface area contributed by atoms with Crippen LogP contribution in [0.4, 0.5) is 0 Å². The third-order valence-electron chi connectivity index (χ3n) is 0.951. The molecule has 54 valence electrons. The SMILES string of the molecule is CC(C)=CC(O)CCO. The minimum Gasteiger partial charge on any atom is -0.396 e. The molecule has 0 spiro atoms. The Labute approximate surface area is 55.8 Å². The van der Waals surface area contributed by atoms with Gasteiger partial charge in [-0.2, -0.15) is 0 Å². The average molecular weight is 130 g/mol. The Morgan fingerprint density at radius 1 is 1.56 bits per heavy atom. The Balaban J connectivity index is 3.49. The summed E-state index contributed by atoms with van der Waals surface area (Å²) in [6.45, 7) is 3.88. The van der Waals surface area contributed by atoms with Crippen LogP contribution in [0.5, 0.6) is 0 Å². The van der Waals surface area contributed by atoms with Crippen LogP contribution >= 0.6 is 0 Å². The van der Waals surface area contributed by atoms with Crippen molar-refractivity contribution in [3.8, 4) is 0 Å². The molecule has 0 aliphatic heterocycles. The fourth-order valence-electron chi connectivity index (χ4n) is 0.600. The molecule has 0 radical (unpaired) electrons. The molecule has 0 saturated carbocycles. The second-order valence-corrected chi connectivity index (χ2v) is 2.32. The molecule has 0 fully saturated rings. The first-order valence-electron chi connectivity index (χ1n) is 3.10. The maximum Gasteiger partial charge on any atom is 0.0745 e. The first-order chi connectivity index (χ1) is 4.16. The van der Waals surface area contributed by atoms with Crippen LogP contribution in [0, 0.1) is 0 Å². The fourth-order valence-corrected chi connectivity index (χ4v) is 0.600. The van der Waals surface area contributed by atoms with Crippen molar-refractivity contribution in [3.05, 3.63) is 11.6 Å². The van der Waals surface area contributed by atoms with Crippen molar-refractivity contribution in [3.63, 3.8) is 0 Å². The van der Waals surface area contributed by atoms with Gasteiger partial charge >= 0.3 is 0 Å². The third-order valence-corrected chi connectivity index (χ3v) is 0.951. The van der Waals surface area contributed by atoms with Gasteiger partial charge in [-0.1, -0.05) is 11.6 Å². The summed E-state index contributed by atoms with van der Waals surface area (Å²) in [6.07, 6.45) is 1.70. The molecule has 1 atom stereocenters. The molecule has 0 rings (SSSR count). The highest BCUT2D eigenvalue weighted by Crippen LogP contribution is 1.97. The van der Waals surface area contributed by atoms with Gasteiger partial charge in [-0.15, -0.1) is 0 Å². The highest BCUT2D eigenvalue weighted by molar-refractivity contribution is 4.97. The molecule has 0 amide bonds. The second kappa shape index (κ2) is 4.53. The second-order valence-electron chi connectivity index (χ2n) is 2.32. The summed E-state index contributed by atoms with van der Waals surface area (Å²) in [5.74, 6) is 0. The topological polar surface area (TPSA) is 40.5 Å². The van der Waals surface area contributed by atoms with E-state index in [1.165, 1.54) is 0 Å². The van der Waals surface area contributed by atoms with Crippen molar-refractivity contribution >= 4 is 0 Å². The number of aliphatic hydroxyl groups is 2. The molecule has 0 saturated heterocycles. The smallest absolute Gasteiger partial charge is 0.0745 e. The lowest BCUT2D eigenvalue weighted by Gasteiger charge is -2.01. The van der Waals surface area contributed by atoms with E-state index in [1.54, 1.807) is 6.08 Å². The van der Waals surface area contributed by atoms with Gasteiger partial charge in [0.05, 0.1) is 6.10 Å². The van der Waals surface area contributed by atoms with Gasteiger partial charge in [0, 0.05) is 6.61 Å². The number of aliphatic hydroxyl groups excluding tert-OH is 2. The van der Waals surface area contributed by atoms with E-state index < -0.39 is 6.10 Å². The van der Waals surface area contributed by atoms with Gasteiger partial charge < -0.3 is 10.2 Å². The molecule has 0 aromatic carbocycles. The van der Waals surface area contributed by atoms with Gasteiger partial charge in [-0.05, 0) is 20.3 Å². The van der Waals surface area contributed by atoms with E-state index >= 15 is 0 Å². The van der Waals surface area contributed by atoms with Crippen molar-refractivity contribution in [2.75, 3.05) is 6.61 Å². The van der Waals surface area contributed by atoms with Crippen LogP contribution in [0.15, 0.2) is 11.6 Å². The normalized spacial score (nSPS) is 12.9. The van der Waals surface area contributed by atoms with E-state index in [4.69, 9.17) is 10.2 Å². The Morgan fingerprint density at radius 2 is 2.11 bits per heavy atom. The molecule has 0 aromatic rings. The Morgan fingerprint density at radius 3 is 2.44 bits per heavy atom. The van der Waals surface area contributed by atoms with Crippen LogP contribution in [0.2, 0.25) is 0 Å². The fraction of sp³-hybridized carbons (Fsp3) is 0.714. The van der Waals surface area contributed by atoms with Gasteiger partial charge in [-0.25, -0.2) is 0 Å². The van der Waals surface area contributed by atoms with E-state index in [1.807, 2.05) is 13.8 Å². The van der Waals surface area contributed by atoms with Crippen LogP contribution in [-0.4, -0.2) is 22.9 Å². The van der Waals surface area contributed by atoms with Gasteiger partial charge in [0.25, 0.3) is 0 Å². The molecule has 0 aromatic heterocycles. The monoisotopic (exact) mass is 130 g/mol. The molecule has 2 nitrogen and oxygen atoms in total. The minimum atomic E-state index is -0.472. The summed E-state index contributed by atoms with van der Waals surface area (Å²) in [6, 6.07) is 0. The van der Waals surface area contributed by atoms with Crippen molar-refractivity contribution in [2.24, 2.45) is 0 Å². The van der Waals surface area contributed by atoms with E-state index in [9.17, 15) is 0 Å². The van der Waals surface area contributed by atoms with Crippen molar-refractivity contribution in [2.45, 2.75) is 26.4 Å². The zero-order valence-corrected chi connectivity index (χ0v) is 5.96. The third kappa shape index (κ3) is 5.53. The van der Waals surface area contributed by atoms with Crippen LogP contribution in [0.25, 0.3) is 0 Å². The van der Waals surface area contributed by atoms with Crippen LogP contribution in [0.1, 0.15) is 20.3 Å². The lowest BCUT2D eigenvalue weighted by atomic mass is 10.2. The predicted octanol–water partition coefficient (Wildman–Crippen LogP) is 0.696. The lowest BCUT2D eigenvalue weighted by Crippen LogP contribution is -2.04. The lowest BCUT2D eigenvalue weighted by molar-refractivity contribution is 0.169. The van der Waals surface area contributed by atoms with Crippen LogP contribution in [0.3, 0.4) is 0 Å². The Hall–Kier alpha value is -0.340. The van der Waals surface area contributed by atoms with Gasteiger partial charge in [0.2, 0.25) is 0 Å². The van der Waals surface area contributed by atoms with E-state index in [-0.39, 0.29) is 6.61 Å². The van der Waals surface area contributed by atoms with Gasteiger partial charge in [0.1, 0.15) is 0 Å².